The van der Waals surface area contributed by atoms with Gasteiger partial charge in [0.15, 0.2) is 0 Å². The first kappa shape index (κ1) is 25.7. The van der Waals surface area contributed by atoms with Crippen LogP contribution in [0.2, 0.25) is 0 Å². The second-order valence-corrected chi connectivity index (χ2v) is 11.9. The summed E-state index contributed by atoms with van der Waals surface area (Å²) in [7, 11) is -1.79. The number of hydrogen-bond acceptors (Lipinski definition) is 4. The molecule has 1 atom stereocenters. The van der Waals surface area contributed by atoms with Gasteiger partial charge in [-0.1, -0.05) is 54.0 Å². The average molecular weight is 538 g/mol. The van der Waals surface area contributed by atoms with E-state index in [9.17, 15) is 13.2 Å². The molecule has 3 rings (SSSR count). The van der Waals surface area contributed by atoms with E-state index in [1.165, 1.54) is 4.31 Å². The summed E-state index contributed by atoms with van der Waals surface area (Å²) in [5, 5.41) is 3.22. The third kappa shape index (κ3) is 7.29. The highest BCUT2D eigenvalue weighted by molar-refractivity contribution is 9.10. The standard InChI is InChI=1S/C25H33BrN2O4S/c1-18(2)15-24(20-7-9-23(32-3)10-8-20)27-25(29)21-11-13-28(14-12-21)33(30,31)17-19-5-4-6-22(26)16-19/h4-10,16,18,21,24H,11-15,17H2,1-3H3,(H,27,29). The lowest BCUT2D eigenvalue weighted by Gasteiger charge is -2.32. The molecule has 1 fully saturated rings. The molecule has 2 aromatic carbocycles. The normalized spacial score (nSPS) is 16.5. The zero-order chi connectivity index (χ0) is 24.0. The van der Waals surface area contributed by atoms with Crippen molar-refractivity contribution in [1.29, 1.82) is 0 Å². The predicted octanol–water partition coefficient (Wildman–Crippen LogP) is 4.90. The number of rotatable bonds is 9. The second-order valence-electron chi connectivity index (χ2n) is 9.02. The van der Waals surface area contributed by atoms with E-state index in [2.05, 4.69) is 35.1 Å². The van der Waals surface area contributed by atoms with Crippen LogP contribution in [0.4, 0.5) is 0 Å². The lowest BCUT2D eigenvalue weighted by atomic mass is 9.93. The van der Waals surface area contributed by atoms with E-state index in [1.807, 2.05) is 48.5 Å². The van der Waals surface area contributed by atoms with Gasteiger partial charge < -0.3 is 10.1 Å². The first-order valence-electron chi connectivity index (χ1n) is 11.3. The zero-order valence-corrected chi connectivity index (χ0v) is 21.9. The SMILES string of the molecule is COc1ccc(C(CC(C)C)NC(=O)C2CCN(S(=O)(=O)Cc3cccc(Br)c3)CC2)cc1. The summed E-state index contributed by atoms with van der Waals surface area (Å²) in [5.41, 5.74) is 1.80. The number of carbonyl (C=O) groups is 1. The molecule has 0 aromatic heterocycles. The fourth-order valence-corrected chi connectivity index (χ4v) is 6.20. The highest BCUT2D eigenvalue weighted by Crippen LogP contribution is 2.27. The fourth-order valence-electron chi connectivity index (χ4n) is 4.20. The lowest BCUT2D eigenvalue weighted by Crippen LogP contribution is -2.44. The van der Waals surface area contributed by atoms with Crippen LogP contribution in [-0.4, -0.2) is 38.8 Å². The summed E-state index contributed by atoms with van der Waals surface area (Å²) < 4.78 is 33.4. The molecule has 6 nitrogen and oxygen atoms in total. The smallest absolute Gasteiger partial charge is 0.223 e. The van der Waals surface area contributed by atoms with Gasteiger partial charge in [-0.05, 0) is 60.6 Å². The minimum atomic E-state index is -3.42. The first-order valence-corrected chi connectivity index (χ1v) is 13.7. The maximum Gasteiger partial charge on any atom is 0.223 e. The summed E-state index contributed by atoms with van der Waals surface area (Å²) >= 11 is 3.39. The molecule has 8 heteroatoms. The van der Waals surface area contributed by atoms with Crippen molar-refractivity contribution < 1.29 is 17.9 Å². The van der Waals surface area contributed by atoms with E-state index in [1.54, 1.807) is 7.11 Å². The molecule has 0 radical (unpaired) electrons. The number of amides is 1. The molecule has 0 spiro atoms. The van der Waals surface area contributed by atoms with Gasteiger partial charge >= 0.3 is 0 Å². The third-order valence-electron chi connectivity index (χ3n) is 6.00. The molecular formula is C25H33BrN2O4S. The number of methoxy groups -OCH3 is 1. The van der Waals surface area contributed by atoms with Crippen LogP contribution in [0.15, 0.2) is 53.0 Å². The summed E-state index contributed by atoms with van der Waals surface area (Å²) in [5.74, 6) is 0.986. The van der Waals surface area contributed by atoms with Crippen LogP contribution in [0.3, 0.4) is 0 Å². The van der Waals surface area contributed by atoms with Crippen molar-refractivity contribution >= 4 is 31.9 Å². The Hall–Kier alpha value is -1.90. The summed E-state index contributed by atoms with van der Waals surface area (Å²) in [4.78, 5) is 13.1. The van der Waals surface area contributed by atoms with Crippen LogP contribution in [0.5, 0.6) is 5.75 Å². The van der Waals surface area contributed by atoms with Crippen molar-refractivity contribution in [3.63, 3.8) is 0 Å². The van der Waals surface area contributed by atoms with Crippen molar-refractivity contribution in [3.8, 4) is 5.75 Å². The molecular weight excluding hydrogens is 504 g/mol. The highest BCUT2D eigenvalue weighted by Gasteiger charge is 2.32. The summed E-state index contributed by atoms with van der Waals surface area (Å²) in [6.07, 6.45) is 1.89. The zero-order valence-electron chi connectivity index (χ0n) is 19.5. The van der Waals surface area contributed by atoms with Crippen molar-refractivity contribution in [2.45, 2.75) is 44.9 Å². The number of benzene rings is 2. The Balaban J connectivity index is 1.59. The first-order chi connectivity index (χ1) is 15.7. The lowest BCUT2D eigenvalue weighted by molar-refractivity contribution is -0.127. The minimum absolute atomic E-state index is 0.000468. The number of ether oxygens (including phenoxy) is 1. The molecule has 33 heavy (non-hydrogen) atoms. The Morgan fingerprint density at radius 3 is 2.39 bits per heavy atom. The molecule has 1 aliphatic heterocycles. The Kier molecular flexibility index (Phi) is 8.95. The Morgan fingerprint density at radius 1 is 1.15 bits per heavy atom. The van der Waals surface area contributed by atoms with Crippen molar-refractivity contribution in [3.05, 3.63) is 64.1 Å². The summed E-state index contributed by atoms with van der Waals surface area (Å²) in [6, 6.07) is 15.1. The molecule has 1 unspecified atom stereocenters. The predicted molar refractivity (Wildman–Crippen MR) is 134 cm³/mol. The van der Waals surface area contributed by atoms with Gasteiger partial charge in [-0.25, -0.2) is 12.7 Å². The largest absolute Gasteiger partial charge is 0.497 e. The molecule has 180 valence electrons. The molecule has 1 heterocycles. The molecule has 1 saturated heterocycles. The van der Waals surface area contributed by atoms with Crippen molar-refractivity contribution in [2.24, 2.45) is 11.8 Å². The Morgan fingerprint density at radius 2 is 1.82 bits per heavy atom. The topological polar surface area (TPSA) is 75.7 Å². The third-order valence-corrected chi connectivity index (χ3v) is 8.34. The Bertz CT molecular complexity index is 1030. The van der Waals surface area contributed by atoms with Gasteiger partial charge in [-0.15, -0.1) is 0 Å². The van der Waals surface area contributed by atoms with Gasteiger partial charge in [0.25, 0.3) is 0 Å². The van der Waals surface area contributed by atoms with E-state index in [0.717, 1.165) is 27.8 Å². The van der Waals surface area contributed by atoms with Gasteiger partial charge in [-0.2, -0.15) is 0 Å². The van der Waals surface area contributed by atoms with Gasteiger partial charge in [0.2, 0.25) is 15.9 Å². The molecule has 2 aromatic rings. The van der Waals surface area contributed by atoms with E-state index in [0.29, 0.717) is 31.8 Å². The van der Waals surface area contributed by atoms with Gasteiger partial charge in [0, 0.05) is 23.5 Å². The molecule has 0 bridgehead atoms. The number of nitrogens with one attached hydrogen (secondary N) is 1. The van der Waals surface area contributed by atoms with E-state index >= 15 is 0 Å². The summed E-state index contributed by atoms with van der Waals surface area (Å²) in [6.45, 7) is 5.01. The van der Waals surface area contributed by atoms with Crippen LogP contribution < -0.4 is 10.1 Å². The monoisotopic (exact) mass is 536 g/mol. The van der Waals surface area contributed by atoms with Crippen molar-refractivity contribution in [1.82, 2.24) is 9.62 Å². The number of nitrogens with zero attached hydrogens (tertiary/aromatic N) is 1. The maximum absolute atomic E-state index is 13.1. The van der Waals surface area contributed by atoms with Crippen LogP contribution in [0.1, 0.15) is 50.3 Å². The van der Waals surface area contributed by atoms with Crippen molar-refractivity contribution in [2.75, 3.05) is 20.2 Å². The minimum Gasteiger partial charge on any atom is -0.497 e. The fraction of sp³-hybridized carbons (Fsp3) is 0.480. The second kappa shape index (κ2) is 11.5. The van der Waals surface area contributed by atoms with Crippen LogP contribution >= 0.6 is 15.9 Å². The molecule has 1 aliphatic rings. The Labute approximate surface area is 205 Å². The average Bonchev–Trinajstić information content (AvgIpc) is 2.78. The number of carbonyl (C=O) groups excluding carboxylic acids is 1. The quantitative estimate of drug-likeness (QED) is 0.494. The molecule has 0 aliphatic carbocycles. The molecule has 0 saturated carbocycles. The number of piperidine rings is 1. The van der Waals surface area contributed by atoms with Gasteiger partial charge in [-0.3, -0.25) is 4.79 Å². The van der Waals surface area contributed by atoms with E-state index < -0.39 is 10.0 Å². The number of halogens is 1. The van der Waals surface area contributed by atoms with Crippen LogP contribution in [0, 0.1) is 11.8 Å². The highest BCUT2D eigenvalue weighted by atomic mass is 79.9. The maximum atomic E-state index is 13.1. The van der Waals surface area contributed by atoms with Crippen LogP contribution in [-0.2, 0) is 20.6 Å². The van der Waals surface area contributed by atoms with E-state index in [4.69, 9.17) is 4.74 Å². The van der Waals surface area contributed by atoms with Gasteiger partial charge in [0.05, 0.1) is 18.9 Å². The molecule has 1 amide bonds. The van der Waals surface area contributed by atoms with E-state index in [-0.39, 0.29) is 23.6 Å². The van der Waals surface area contributed by atoms with Crippen LogP contribution in [0.25, 0.3) is 0 Å². The number of sulfonamides is 1. The number of hydrogen-bond donors (Lipinski definition) is 1. The molecule has 1 N–H and O–H groups in total. The van der Waals surface area contributed by atoms with Gasteiger partial charge in [0.1, 0.15) is 5.75 Å².